The van der Waals surface area contributed by atoms with Gasteiger partial charge in [0, 0.05) is 18.8 Å². The molecule has 4 nitrogen and oxygen atoms in total. The van der Waals surface area contributed by atoms with E-state index < -0.39 is 28.7 Å². The quantitative estimate of drug-likeness (QED) is 0.907. The smallest absolute Gasteiger partial charge is 0.417 e. The minimum atomic E-state index is -4.61. The summed E-state index contributed by atoms with van der Waals surface area (Å²) in [5.74, 6) is -0.905. The third-order valence-corrected chi connectivity index (χ3v) is 5.09. The summed E-state index contributed by atoms with van der Waals surface area (Å²) in [6, 6.07) is 5.12. The molecular formula is C16H15F3N2O2. The number of halogens is 3. The Labute approximate surface area is 131 Å². The molecule has 7 heteroatoms. The number of carboxylic acids is 1. The minimum Gasteiger partial charge on any atom is -0.481 e. The van der Waals surface area contributed by atoms with Crippen LogP contribution in [0.15, 0.2) is 18.2 Å². The largest absolute Gasteiger partial charge is 0.481 e. The van der Waals surface area contributed by atoms with Crippen molar-refractivity contribution in [2.75, 3.05) is 18.0 Å². The zero-order valence-corrected chi connectivity index (χ0v) is 12.2. The molecule has 1 heterocycles. The van der Waals surface area contributed by atoms with E-state index in [2.05, 4.69) is 0 Å². The molecule has 1 aromatic rings. The van der Waals surface area contributed by atoms with E-state index in [0.717, 1.165) is 25.0 Å². The van der Waals surface area contributed by atoms with Crippen LogP contribution in [0.25, 0.3) is 0 Å². The Bertz CT molecular complexity index is 696. The Morgan fingerprint density at radius 3 is 2.74 bits per heavy atom. The van der Waals surface area contributed by atoms with Crippen LogP contribution >= 0.6 is 0 Å². The number of benzene rings is 1. The van der Waals surface area contributed by atoms with Crippen molar-refractivity contribution in [2.24, 2.45) is 11.3 Å². The van der Waals surface area contributed by atoms with Gasteiger partial charge in [-0.2, -0.15) is 18.4 Å². The lowest BCUT2D eigenvalue weighted by atomic mass is 9.81. The molecule has 1 saturated carbocycles. The fourth-order valence-corrected chi connectivity index (χ4v) is 3.90. The van der Waals surface area contributed by atoms with Crippen molar-refractivity contribution in [2.45, 2.75) is 25.4 Å². The predicted molar refractivity (Wildman–Crippen MR) is 75.8 cm³/mol. The van der Waals surface area contributed by atoms with Crippen LogP contribution in [0, 0.1) is 22.7 Å². The molecule has 2 fully saturated rings. The van der Waals surface area contributed by atoms with Gasteiger partial charge in [-0.25, -0.2) is 0 Å². The van der Waals surface area contributed by atoms with Gasteiger partial charge < -0.3 is 10.0 Å². The number of hydrogen-bond donors (Lipinski definition) is 1. The van der Waals surface area contributed by atoms with Gasteiger partial charge >= 0.3 is 12.1 Å². The molecule has 2 aliphatic rings. The molecular weight excluding hydrogens is 309 g/mol. The van der Waals surface area contributed by atoms with Gasteiger partial charge in [0.25, 0.3) is 0 Å². The van der Waals surface area contributed by atoms with Gasteiger partial charge in [0.1, 0.15) is 0 Å². The van der Waals surface area contributed by atoms with E-state index in [4.69, 9.17) is 5.26 Å². The van der Waals surface area contributed by atoms with Gasteiger partial charge in [0.05, 0.1) is 22.6 Å². The maximum atomic E-state index is 13.1. The van der Waals surface area contributed by atoms with E-state index in [-0.39, 0.29) is 12.5 Å². The van der Waals surface area contributed by atoms with Gasteiger partial charge in [0.2, 0.25) is 0 Å². The normalized spacial score (nSPS) is 26.9. The maximum Gasteiger partial charge on any atom is 0.417 e. The van der Waals surface area contributed by atoms with Crippen LogP contribution in [-0.2, 0) is 11.0 Å². The molecule has 3 rings (SSSR count). The van der Waals surface area contributed by atoms with Crippen LogP contribution in [0.2, 0.25) is 0 Å². The SMILES string of the molecule is N#Cc1ccc(N2C[C@@H]3CCC[C@@]3(C(=O)O)C2)cc1C(F)(F)F. The molecule has 122 valence electrons. The number of anilines is 1. The number of nitriles is 1. The van der Waals surface area contributed by atoms with E-state index >= 15 is 0 Å². The standard InChI is InChI=1S/C16H15F3N2O2/c17-16(18,19)13-6-12(4-3-10(13)7-20)21-8-11-2-1-5-15(11,9-21)14(22)23/h3-4,6,11H,1-2,5,8-9H2,(H,22,23)/t11-,15+/m0/s1. The highest BCUT2D eigenvalue weighted by molar-refractivity contribution is 5.78. The highest BCUT2D eigenvalue weighted by Gasteiger charge is 2.55. The zero-order chi connectivity index (χ0) is 16.8. The Morgan fingerprint density at radius 1 is 1.43 bits per heavy atom. The molecule has 1 N–H and O–H groups in total. The van der Waals surface area contributed by atoms with Crippen LogP contribution in [0.1, 0.15) is 30.4 Å². The second-order valence-electron chi connectivity index (χ2n) is 6.27. The first kappa shape index (κ1) is 15.7. The first-order valence-corrected chi connectivity index (χ1v) is 7.37. The summed E-state index contributed by atoms with van der Waals surface area (Å²) in [4.78, 5) is 13.4. The zero-order valence-electron chi connectivity index (χ0n) is 12.2. The molecule has 1 aromatic carbocycles. The van der Waals surface area contributed by atoms with E-state index in [9.17, 15) is 23.1 Å². The van der Waals surface area contributed by atoms with Crippen LogP contribution in [0.3, 0.4) is 0 Å². The van der Waals surface area contributed by atoms with Crippen molar-refractivity contribution in [1.82, 2.24) is 0 Å². The van der Waals surface area contributed by atoms with Crippen LogP contribution in [-0.4, -0.2) is 24.2 Å². The van der Waals surface area contributed by atoms with Crippen LogP contribution in [0.5, 0.6) is 0 Å². The number of fused-ring (bicyclic) bond motifs is 1. The first-order valence-electron chi connectivity index (χ1n) is 7.37. The summed E-state index contributed by atoms with van der Waals surface area (Å²) >= 11 is 0. The van der Waals surface area contributed by atoms with Gasteiger partial charge in [-0.15, -0.1) is 0 Å². The molecule has 0 amide bonds. The molecule has 0 unspecified atom stereocenters. The van der Waals surface area contributed by atoms with Crippen molar-refractivity contribution >= 4 is 11.7 Å². The topological polar surface area (TPSA) is 64.3 Å². The highest BCUT2D eigenvalue weighted by Crippen LogP contribution is 2.50. The molecule has 1 aliphatic carbocycles. The Balaban J connectivity index is 1.95. The van der Waals surface area contributed by atoms with E-state index in [1.807, 2.05) is 0 Å². The molecule has 2 atom stereocenters. The average molecular weight is 324 g/mol. The van der Waals surface area contributed by atoms with Gasteiger partial charge in [-0.1, -0.05) is 6.42 Å². The minimum absolute atomic E-state index is 0.0371. The molecule has 23 heavy (non-hydrogen) atoms. The third kappa shape index (κ3) is 2.42. The van der Waals surface area contributed by atoms with Crippen molar-refractivity contribution in [3.05, 3.63) is 29.3 Å². The first-order chi connectivity index (χ1) is 10.8. The fourth-order valence-electron chi connectivity index (χ4n) is 3.90. The number of rotatable bonds is 2. The number of alkyl halides is 3. The lowest BCUT2D eigenvalue weighted by molar-refractivity contribution is -0.149. The second kappa shape index (κ2) is 5.15. The highest BCUT2D eigenvalue weighted by atomic mass is 19.4. The van der Waals surface area contributed by atoms with Crippen molar-refractivity contribution in [3.8, 4) is 6.07 Å². The summed E-state index contributed by atoms with van der Waals surface area (Å²) in [6.07, 6.45) is -2.43. The molecule has 0 spiro atoms. The Morgan fingerprint density at radius 2 is 2.17 bits per heavy atom. The average Bonchev–Trinajstić information content (AvgIpc) is 3.03. The fraction of sp³-hybridized carbons (Fsp3) is 0.500. The summed E-state index contributed by atoms with van der Waals surface area (Å²) in [6.45, 7) is 0.658. The number of carboxylic acid groups (broad SMARTS) is 1. The maximum absolute atomic E-state index is 13.1. The van der Waals surface area contributed by atoms with E-state index in [0.29, 0.717) is 18.7 Å². The van der Waals surface area contributed by atoms with Crippen LogP contribution < -0.4 is 4.90 Å². The monoisotopic (exact) mass is 324 g/mol. The lowest BCUT2D eigenvalue weighted by Gasteiger charge is -2.24. The number of carbonyl (C=O) groups is 1. The summed E-state index contributed by atoms with van der Waals surface area (Å²) < 4.78 is 39.2. The third-order valence-electron chi connectivity index (χ3n) is 5.09. The van der Waals surface area contributed by atoms with Gasteiger partial charge in [-0.3, -0.25) is 4.79 Å². The predicted octanol–water partition coefficient (Wildman–Crippen LogP) is 3.27. The molecule has 0 radical (unpaired) electrons. The van der Waals surface area contributed by atoms with Crippen molar-refractivity contribution in [3.63, 3.8) is 0 Å². The van der Waals surface area contributed by atoms with Crippen molar-refractivity contribution < 1.29 is 23.1 Å². The van der Waals surface area contributed by atoms with Gasteiger partial charge in [0.15, 0.2) is 0 Å². The van der Waals surface area contributed by atoms with Crippen LogP contribution in [0.4, 0.5) is 18.9 Å². The molecule has 0 bridgehead atoms. The summed E-state index contributed by atoms with van der Waals surface area (Å²) in [5, 5.41) is 18.4. The van der Waals surface area contributed by atoms with Gasteiger partial charge in [-0.05, 0) is 37.0 Å². The van der Waals surface area contributed by atoms with E-state index in [1.54, 1.807) is 11.0 Å². The van der Waals surface area contributed by atoms with E-state index in [1.165, 1.54) is 6.07 Å². The number of aliphatic carboxylic acids is 1. The molecule has 0 aromatic heterocycles. The van der Waals surface area contributed by atoms with Crippen molar-refractivity contribution in [1.29, 1.82) is 5.26 Å². The second-order valence-corrected chi connectivity index (χ2v) is 6.27. The molecule has 1 aliphatic heterocycles. The number of hydrogen-bond acceptors (Lipinski definition) is 3. The summed E-state index contributed by atoms with van der Waals surface area (Å²) in [7, 11) is 0. The Hall–Kier alpha value is -2.23. The molecule has 1 saturated heterocycles. The summed E-state index contributed by atoms with van der Waals surface area (Å²) in [5.41, 5.74) is -1.93. The Kier molecular flexibility index (Phi) is 3.51. The lowest BCUT2D eigenvalue weighted by Crippen LogP contribution is -2.35. The number of nitrogens with zero attached hydrogens (tertiary/aromatic N) is 2.